The molecule has 23 heavy (non-hydrogen) atoms. The van der Waals surface area contributed by atoms with E-state index < -0.39 is 10.0 Å². The fourth-order valence-electron chi connectivity index (χ4n) is 2.92. The van der Waals surface area contributed by atoms with Gasteiger partial charge in [-0.1, -0.05) is 6.07 Å². The second-order valence-corrected chi connectivity index (χ2v) is 7.78. The number of nitrogens with one attached hydrogen (secondary N) is 1. The first-order valence-corrected chi connectivity index (χ1v) is 9.42. The fourth-order valence-corrected chi connectivity index (χ4v) is 4.09. The van der Waals surface area contributed by atoms with E-state index in [9.17, 15) is 13.5 Å². The van der Waals surface area contributed by atoms with Crippen LogP contribution in [0.3, 0.4) is 0 Å². The number of benzene rings is 1. The number of piperidine rings is 1. The van der Waals surface area contributed by atoms with E-state index in [0.29, 0.717) is 24.8 Å². The van der Waals surface area contributed by atoms with E-state index >= 15 is 0 Å². The highest BCUT2D eigenvalue weighted by Crippen LogP contribution is 2.24. The van der Waals surface area contributed by atoms with E-state index in [1.165, 1.54) is 7.11 Å². The van der Waals surface area contributed by atoms with Crippen molar-refractivity contribution in [2.24, 2.45) is 5.92 Å². The maximum absolute atomic E-state index is 12.4. The summed E-state index contributed by atoms with van der Waals surface area (Å²) in [6, 6.07) is 5.04. The zero-order valence-electron chi connectivity index (χ0n) is 13.8. The van der Waals surface area contributed by atoms with Gasteiger partial charge in [0.2, 0.25) is 10.0 Å². The maximum atomic E-state index is 12.4. The zero-order valence-corrected chi connectivity index (χ0v) is 14.6. The minimum Gasteiger partial charge on any atom is -0.495 e. The topological polar surface area (TPSA) is 78.9 Å². The first-order chi connectivity index (χ1) is 11.0. The van der Waals surface area contributed by atoms with Crippen molar-refractivity contribution in [1.82, 2.24) is 9.62 Å². The molecule has 0 saturated carbocycles. The molecule has 0 amide bonds. The largest absolute Gasteiger partial charge is 0.495 e. The van der Waals surface area contributed by atoms with E-state index in [2.05, 4.69) is 9.62 Å². The molecule has 0 bridgehead atoms. The third-order valence-electron chi connectivity index (χ3n) is 4.19. The van der Waals surface area contributed by atoms with E-state index in [-0.39, 0.29) is 11.5 Å². The van der Waals surface area contributed by atoms with E-state index in [1.807, 2.05) is 6.92 Å². The van der Waals surface area contributed by atoms with Gasteiger partial charge in [0, 0.05) is 26.2 Å². The number of likely N-dealkylation sites (tertiary alicyclic amines) is 1. The molecule has 1 unspecified atom stereocenters. The molecule has 1 aliphatic heterocycles. The molecule has 0 aromatic heterocycles. The van der Waals surface area contributed by atoms with Crippen LogP contribution in [0.4, 0.5) is 0 Å². The third kappa shape index (κ3) is 4.91. The van der Waals surface area contributed by atoms with Crippen molar-refractivity contribution >= 4 is 10.0 Å². The lowest BCUT2D eigenvalue weighted by Crippen LogP contribution is -2.41. The fraction of sp³-hybridized carbons (Fsp3) is 0.625. The summed E-state index contributed by atoms with van der Waals surface area (Å²) in [4.78, 5) is 2.36. The van der Waals surface area contributed by atoms with Gasteiger partial charge in [0.1, 0.15) is 10.6 Å². The van der Waals surface area contributed by atoms with Crippen molar-refractivity contribution < 1.29 is 18.3 Å². The molecule has 1 aliphatic rings. The Bertz CT molecular complexity index is 619. The minimum absolute atomic E-state index is 0.164. The van der Waals surface area contributed by atoms with E-state index in [4.69, 9.17) is 4.74 Å². The standard InChI is InChI=1S/C16H26N2O4S/c1-13-5-6-16(15(10-13)22-2)23(20,21)17-7-9-18-8-3-4-14(11-18)12-19/h5-6,10,14,17,19H,3-4,7-9,11-12H2,1-2H3. The lowest BCUT2D eigenvalue weighted by molar-refractivity contribution is 0.122. The number of aryl methyl sites for hydroxylation is 1. The summed E-state index contributed by atoms with van der Waals surface area (Å²) in [5.74, 6) is 0.661. The second-order valence-electron chi connectivity index (χ2n) is 6.04. The van der Waals surface area contributed by atoms with Gasteiger partial charge in [0.25, 0.3) is 0 Å². The molecule has 2 rings (SSSR count). The molecule has 1 aromatic rings. The third-order valence-corrected chi connectivity index (χ3v) is 5.69. The average molecular weight is 342 g/mol. The van der Waals surface area contributed by atoms with Gasteiger partial charge in [0.15, 0.2) is 0 Å². The van der Waals surface area contributed by atoms with Crippen molar-refractivity contribution in [3.8, 4) is 5.75 Å². The van der Waals surface area contributed by atoms with Crippen LogP contribution in [0.5, 0.6) is 5.75 Å². The normalized spacial score (nSPS) is 19.7. The van der Waals surface area contributed by atoms with Crippen LogP contribution >= 0.6 is 0 Å². The Labute approximate surface area is 138 Å². The molecular formula is C16H26N2O4S. The van der Waals surface area contributed by atoms with E-state index in [1.54, 1.807) is 18.2 Å². The van der Waals surface area contributed by atoms with Gasteiger partial charge in [-0.25, -0.2) is 13.1 Å². The monoisotopic (exact) mass is 342 g/mol. The molecule has 0 spiro atoms. The smallest absolute Gasteiger partial charge is 0.244 e. The van der Waals surface area contributed by atoms with Gasteiger partial charge in [-0.2, -0.15) is 0 Å². The Morgan fingerprint density at radius 3 is 2.91 bits per heavy atom. The van der Waals surface area contributed by atoms with Crippen LogP contribution in [-0.2, 0) is 10.0 Å². The number of ether oxygens (including phenoxy) is 1. The summed E-state index contributed by atoms with van der Waals surface area (Å²) >= 11 is 0. The Morgan fingerprint density at radius 1 is 1.43 bits per heavy atom. The predicted molar refractivity (Wildman–Crippen MR) is 89.2 cm³/mol. The maximum Gasteiger partial charge on any atom is 0.244 e. The average Bonchev–Trinajstić information content (AvgIpc) is 2.54. The van der Waals surface area contributed by atoms with Gasteiger partial charge in [-0.15, -0.1) is 0 Å². The van der Waals surface area contributed by atoms with E-state index in [0.717, 1.165) is 31.5 Å². The van der Waals surface area contributed by atoms with Crippen LogP contribution in [0.15, 0.2) is 23.1 Å². The molecule has 0 radical (unpaired) electrons. The van der Waals surface area contributed by atoms with Crippen molar-refractivity contribution in [1.29, 1.82) is 0 Å². The summed E-state index contributed by atoms with van der Waals surface area (Å²) in [7, 11) is -2.12. The number of sulfonamides is 1. The lowest BCUT2D eigenvalue weighted by atomic mass is 9.99. The summed E-state index contributed by atoms with van der Waals surface area (Å²) < 4.78 is 32.7. The zero-order chi connectivity index (χ0) is 16.9. The Morgan fingerprint density at radius 2 is 2.22 bits per heavy atom. The van der Waals surface area contributed by atoms with Crippen molar-refractivity contribution in [3.63, 3.8) is 0 Å². The van der Waals surface area contributed by atoms with Crippen molar-refractivity contribution in [2.45, 2.75) is 24.7 Å². The molecule has 2 N–H and O–H groups in total. The number of methoxy groups -OCH3 is 1. The van der Waals surface area contributed by atoms with Crippen molar-refractivity contribution in [2.75, 3.05) is 39.9 Å². The number of rotatable bonds is 7. The lowest BCUT2D eigenvalue weighted by Gasteiger charge is -2.31. The molecule has 0 aliphatic carbocycles. The predicted octanol–water partition coefficient (Wildman–Crippen LogP) is 0.986. The first-order valence-electron chi connectivity index (χ1n) is 7.94. The number of nitrogens with zero attached hydrogens (tertiary/aromatic N) is 1. The molecule has 130 valence electrons. The first kappa shape index (κ1) is 18.2. The van der Waals surface area contributed by atoms with Crippen LogP contribution in [0.25, 0.3) is 0 Å². The minimum atomic E-state index is -3.59. The molecule has 1 fully saturated rings. The Balaban J connectivity index is 1.94. The van der Waals surface area contributed by atoms with Gasteiger partial charge >= 0.3 is 0 Å². The Kier molecular flexibility index (Phi) is 6.41. The molecule has 7 heteroatoms. The summed E-state index contributed by atoms with van der Waals surface area (Å²) in [5.41, 5.74) is 0.948. The van der Waals surface area contributed by atoms with Gasteiger partial charge in [0.05, 0.1) is 7.11 Å². The van der Waals surface area contributed by atoms with Gasteiger partial charge < -0.3 is 14.7 Å². The second kappa shape index (κ2) is 8.10. The number of hydrogen-bond acceptors (Lipinski definition) is 5. The van der Waals surface area contributed by atoms with Crippen LogP contribution < -0.4 is 9.46 Å². The number of aliphatic hydroxyl groups excluding tert-OH is 1. The molecule has 1 saturated heterocycles. The number of aliphatic hydroxyl groups is 1. The van der Waals surface area contributed by atoms with Crippen LogP contribution in [0, 0.1) is 12.8 Å². The summed E-state index contributed by atoms with van der Waals surface area (Å²) in [6.07, 6.45) is 2.09. The molecule has 6 nitrogen and oxygen atoms in total. The molecule has 1 aromatic carbocycles. The van der Waals surface area contributed by atoms with Crippen LogP contribution in [0.1, 0.15) is 18.4 Å². The highest BCUT2D eigenvalue weighted by atomic mass is 32.2. The SMILES string of the molecule is COc1cc(C)ccc1S(=O)(=O)NCCN1CCCC(CO)C1. The number of hydrogen-bond donors (Lipinski definition) is 2. The Hall–Kier alpha value is -1.15. The summed E-state index contributed by atoms with van der Waals surface area (Å²) in [5, 5.41) is 9.24. The van der Waals surface area contributed by atoms with Crippen molar-refractivity contribution in [3.05, 3.63) is 23.8 Å². The van der Waals surface area contributed by atoms with Gasteiger partial charge in [-0.3, -0.25) is 0 Å². The van der Waals surface area contributed by atoms with Crippen LogP contribution in [-0.4, -0.2) is 58.3 Å². The highest BCUT2D eigenvalue weighted by molar-refractivity contribution is 7.89. The van der Waals surface area contributed by atoms with Crippen LogP contribution in [0.2, 0.25) is 0 Å². The summed E-state index contributed by atoms with van der Waals surface area (Å²) in [6.45, 7) is 4.85. The highest BCUT2D eigenvalue weighted by Gasteiger charge is 2.21. The quantitative estimate of drug-likeness (QED) is 0.772. The van der Waals surface area contributed by atoms with Gasteiger partial charge in [-0.05, 0) is 49.9 Å². The molecular weight excluding hydrogens is 316 g/mol. The molecule has 1 atom stereocenters. The molecule has 1 heterocycles.